The van der Waals surface area contributed by atoms with Crippen LogP contribution in [-0.4, -0.2) is 28.1 Å². The molecule has 0 atom stereocenters. The lowest BCUT2D eigenvalue weighted by Crippen LogP contribution is -2.15. The van der Waals surface area contributed by atoms with Gasteiger partial charge in [-0.25, -0.2) is 4.79 Å². The molecule has 0 bridgehead atoms. The van der Waals surface area contributed by atoms with Crippen LogP contribution in [0, 0.1) is 0 Å². The quantitative estimate of drug-likeness (QED) is 0.358. The van der Waals surface area contributed by atoms with Crippen LogP contribution < -0.4 is 9.47 Å². The second-order valence-electron chi connectivity index (χ2n) is 8.03. The van der Waals surface area contributed by atoms with E-state index < -0.39 is 5.97 Å². The van der Waals surface area contributed by atoms with Crippen LogP contribution in [0.5, 0.6) is 11.5 Å². The molecule has 6 heteroatoms. The zero-order chi connectivity index (χ0) is 21.3. The molecular weight excluding hydrogens is 378 g/mol. The summed E-state index contributed by atoms with van der Waals surface area (Å²) in [5.74, 6) is 0.609. The number of nitrogens with zero attached hydrogens (tertiary/aromatic N) is 3. The van der Waals surface area contributed by atoms with E-state index in [1.54, 1.807) is 37.4 Å². The van der Waals surface area contributed by atoms with Crippen molar-refractivity contribution < 1.29 is 14.3 Å². The van der Waals surface area contributed by atoms with Crippen LogP contribution in [0.25, 0.3) is 16.7 Å². The normalized spacial score (nSPS) is 11.5. The maximum Gasteiger partial charge on any atom is 0.343 e. The second-order valence-corrected chi connectivity index (χ2v) is 8.03. The average molecular weight is 401 g/mol. The molecule has 0 aliphatic rings. The van der Waals surface area contributed by atoms with Crippen LogP contribution in [0.2, 0.25) is 0 Å². The number of carbonyl (C=O) groups excluding carboxylic acids is 1. The second kappa shape index (κ2) is 7.63. The summed E-state index contributed by atoms with van der Waals surface area (Å²) >= 11 is 0. The predicted octanol–water partition coefficient (Wildman–Crippen LogP) is 4.95. The van der Waals surface area contributed by atoms with Crippen LogP contribution in [0.3, 0.4) is 0 Å². The van der Waals surface area contributed by atoms with Gasteiger partial charge >= 0.3 is 5.97 Å². The lowest BCUT2D eigenvalue weighted by Gasteiger charge is -2.20. The van der Waals surface area contributed by atoms with Crippen molar-refractivity contribution in [3.8, 4) is 17.2 Å². The summed E-state index contributed by atoms with van der Waals surface area (Å²) in [6, 6.07) is 20.1. The number of hydrogen-bond donors (Lipinski definition) is 0. The fourth-order valence-corrected chi connectivity index (χ4v) is 3.08. The van der Waals surface area contributed by atoms with E-state index in [1.807, 2.05) is 36.4 Å². The van der Waals surface area contributed by atoms with Gasteiger partial charge in [0.2, 0.25) is 0 Å². The molecule has 4 rings (SSSR count). The first kappa shape index (κ1) is 19.6. The van der Waals surface area contributed by atoms with Gasteiger partial charge in [-0.05, 0) is 59.5 Å². The maximum atomic E-state index is 12.7. The summed E-state index contributed by atoms with van der Waals surface area (Å²) in [5.41, 5.74) is 3.58. The minimum Gasteiger partial charge on any atom is -0.497 e. The largest absolute Gasteiger partial charge is 0.497 e. The van der Waals surface area contributed by atoms with Crippen LogP contribution in [-0.2, 0) is 5.41 Å². The number of aromatic nitrogens is 3. The van der Waals surface area contributed by atoms with Crippen molar-refractivity contribution in [2.45, 2.75) is 26.2 Å². The molecule has 0 aliphatic heterocycles. The molecule has 4 aromatic rings. The first-order valence-electron chi connectivity index (χ1n) is 9.68. The molecule has 1 aromatic heterocycles. The van der Waals surface area contributed by atoms with Gasteiger partial charge in [0, 0.05) is 0 Å². The predicted molar refractivity (Wildman–Crippen MR) is 116 cm³/mol. The fraction of sp³-hybridized carbons (Fsp3) is 0.208. The third kappa shape index (κ3) is 3.89. The number of carbonyl (C=O) groups is 1. The summed E-state index contributed by atoms with van der Waals surface area (Å²) in [5, 5.41) is 9.13. The number of hydrogen-bond acceptors (Lipinski definition) is 5. The van der Waals surface area contributed by atoms with Crippen molar-refractivity contribution in [1.29, 1.82) is 0 Å². The number of ether oxygens (including phenoxy) is 2. The fourth-order valence-electron chi connectivity index (χ4n) is 3.08. The van der Waals surface area contributed by atoms with Gasteiger partial charge < -0.3 is 9.47 Å². The summed E-state index contributed by atoms with van der Waals surface area (Å²) < 4.78 is 10.9. The van der Waals surface area contributed by atoms with Crippen molar-refractivity contribution in [1.82, 2.24) is 15.0 Å². The molecule has 0 fully saturated rings. The maximum absolute atomic E-state index is 12.7. The Morgan fingerprint density at radius 1 is 0.900 bits per heavy atom. The molecule has 0 radical (unpaired) electrons. The van der Waals surface area contributed by atoms with Crippen molar-refractivity contribution in [2.75, 3.05) is 7.11 Å². The highest BCUT2D eigenvalue weighted by Crippen LogP contribution is 2.31. The molecule has 1 heterocycles. The van der Waals surface area contributed by atoms with Crippen molar-refractivity contribution in [2.24, 2.45) is 0 Å². The number of fused-ring (bicyclic) bond motifs is 1. The zero-order valence-electron chi connectivity index (χ0n) is 17.4. The van der Waals surface area contributed by atoms with Crippen molar-refractivity contribution in [3.63, 3.8) is 0 Å². The molecule has 30 heavy (non-hydrogen) atoms. The summed E-state index contributed by atoms with van der Waals surface area (Å²) in [6.07, 6.45) is 0. The Hall–Kier alpha value is -3.67. The van der Waals surface area contributed by atoms with Crippen molar-refractivity contribution in [3.05, 3.63) is 77.9 Å². The third-order valence-electron chi connectivity index (χ3n) is 4.86. The Labute approximate surface area is 175 Å². The molecule has 152 valence electrons. The lowest BCUT2D eigenvalue weighted by molar-refractivity contribution is 0.0734. The minimum atomic E-state index is -0.459. The van der Waals surface area contributed by atoms with Crippen LogP contribution >= 0.6 is 0 Å². The van der Waals surface area contributed by atoms with E-state index in [2.05, 4.69) is 31.0 Å². The van der Waals surface area contributed by atoms with Gasteiger partial charge in [-0.15, -0.1) is 15.0 Å². The molecule has 3 aromatic carbocycles. The van der Waals surface area contributed by atoms with E-state index in [4.69, 9.17) is 9.47 Å². The van der Waals surface area contributed by atoms with Gasteiger partial charge in [0.15, 0.2) is 5.75 Å². The molecule has 0 amide bonds. The SMILES string of the molecule is COc1ccc(C(=O)Oc2ccc(C(C)(C)C)cc2-n2nc3ccccc3n2)cc1. The molecule has 6 nitrogen and oxygen atoms in total. The van der Waals surface area contributed by atoms with Crippen LogP contribution in [0.1, 0.15) is 36.7 Å². The van der Waals surface area contributed by atoms with Crippen LogP contribution in [0.4, 0.5) is 0 Å². The molecule has 0 aliphatic carbocycles. The van der Waals surface area contributed by atoms with Gasteiger partial charge in [0.05, 0.1) is 12.7 Å². The molecule has 0 spiro atoms. The van der Waals surface area contributed by atoms with Gasteiger partial charge in [-0.2, -0.15) is 0 Å². The first-order valence-corrected chi connectivity index (χ1v) is 9.68. The Morgan fingerprint density at radius 3 is 2.10 bits per heavy atom. The monoisotopic (exact) mass is 401 g/mol. The highest BCUT2D eigenvalue weighted by molar-refractivity contribution is 5.91. The first-order chi connectivity index (χ1) is 14.3. The van der Waals surface area contributed by atoms with Crippen LogP contribution in [0.15, 0.2) is 66.7 Å². The van der Waals surface area contributed by atoms with E-state index in [1.165, 1.54) is 4.80 Å². The Kier molecular flexibility index (Phi) is 4.99. The topological polar surface area (TPSA) is 66.2 Å². The van der Waals surface area contributed by atoms with E-state index in [9.17, 15) is 4.79 Å². The summed E-state index contributed by atoms with van der Waals surface area (Å²) in [6.45, 7) is 6.38. The van der Waals surface area contributed by atoms with E-state index in [0.717, 1.165) is 16.6 Å². The molecule has 0 unspecified atom stereocenters. The standard InChI is InChI=1S/C24H23N3O3/c1-24(2,3)17-11-14-22(30-23(28)16-9-12-18(29-4)13-10-16)21(15-17)27-25-19-7-5-6-8-20(19)26-27/h5-15H,1-4H3. The number of methoxy groups -OCH3 is 1. The van der Waals surface area contributed by atoms with Gasteiger partial charge in [-0.1, -0.05) is 39.0 Å². The number of rotatable bonds is 4. The minimum absolute atomic E-state index is 0.0835. The Bertz CT molecular complexity index is 1170. The zero-order valence-corrected chi connectivity index (χ0v) is 17.4. The van der Waals surface area contributed by atoms with E-state index in [-0.39, 0.29) is 5.41 Å². The summed E-state index contributed by atoms with van der Waals surface area (Å²) in [4.78, 5) is 14.3. The van der Waals surface area contributed by atoms with Gasteiger partial charge in [0.25, 0.3) is 0 Å². The Morgan fingerprint density at radius 2 is 1.53 bits per heavy atom. The number of benzene rings is 3. The molecule has 0 saturated heterocycles. The lowest BCUT2D eigenvalue weighted by atomic mass is 9.87. The van der Waals surface area contributed by atoms with E-state index >= 15 is 0 Å². The highest BCUT2D eigenvalue weighted by atomic mass is 16.5. The van der Waals surface area contributed by atoms with Crippen molar-refractivity contribution >= 4 is 17.0 Å². The smallest absolute Gasteiger partial charge is 0.343 e. The average Bonchev–Trinajstić information content (AvgIpc) is 3.17. The number of esters is 1. The Balaban J connectivity index is 1.75. The summed E-state index contributed by atoms with van der Waals surface area (Å²) in [7, 11) is 1.58. The molecular formula is C24H23N3O3. The van der Waals surface area contributed by atoms with Gasteiger partial charge in [0.1, 0.15) is 22.5 Å². The van der Waals surface area contributed by atoms with Gasteiger partial charge in [-0.3, -0.25) is 0 Å². The molecule has 0 saturated carbocycles. The molecule has 0 N–H and O–H groups in total. The highest BCUT2D eigenvalue weighted by Gasteiger charge is 2.20. The third-order valence-corrected chi connectivity index (χ3v) is 4.86. The van der Waals surface area contributed by atoms with E-state index in [0.29, 0.717) is 22.7 Å².